The first-order valence-corrected chi connectivity index (χ1v) is 4.94. The lowest BCUT2D eigenvalue weighted by atomic mass is 10.2. The van der Waals surface area contributed by atoms with Gasteiger partial charge in [0.05, 0.1) is 13.7 Å². The molecule has 1 rings (SSSR count). The number of rotatable bonds is 4. The molecule has 1 aromatic rings. The molecule has 0 bridgehead atoms. The molecule has 1 aromatic carbocycles. The first kappa shape index (κ1) is 13.0. The topological polar surface area (TPSA) is 102 Å². The molecule has 1 unspecified atom stereocenters. The fourth-order valence-corrected chi connectivity index (χ4v) is 1.15. The van der Waals surface area contributed by atoms with Crippen LogP contribution in [0.2, 0.25) is 0 Å². The van der Waals surface area contributed by atoms with Crippen LogP contribution >= 0.6 is 0 Å². The number of anilines is 1. The van der Waals surface area contributed by atoms with Gasteiger partial charge in [-0.25, -0.2) is 4.79 Å². The lowest BCUT2D eigenvalue weighted by Gasteiger charge is -2.09. The molecule has 1 atom stereocenters. The van der Waals surface area contributed by atoms with Crippen molar-refractivity contribution in [2.45, 2.75) is 6.10 Å². The molecule has 4 N–H and O–H groups in total. The van der Waals surface area contributed by atoms with E-state index in [-0.39, 0.29) is 6.54 Å². The second-order valence-electron chi connectivity index (χ2n) is 3.37. The van der Waals surface area contributed by atoms with E-state index >= 15 is 0 Å². The van der Waals surface area contributed by atoms with Crippen molar-refractivity contribution in [3.63, 3.8) is 0 Å². The predicted molar refractivity (Wildman–Crippen MR) is 61.2 cm³/mol. The van der Waals surface area contributed by atoms with Gasteiger partial charge >= 0.3 is 5.97 Å². The predicted octanol–water partition coefficient (Wildman–Crippen LogP) is -0.468. The van der Waals surface area contributed by atoms with Crippen LogP contribution in [0.4, 0.5) is 5.69 Å². The van der Waals surface area contributed by atoms with E-state index in [0.29, 0.717) is 11.3 Å². The molecule has 92 valence electrons. The summed E-state index contributed by atoms with van der Waals surface area (Å²) in [6.45, 7) is -0.199. The fourth-order valence-electron chi connectivity index (χ4n) is 1.15. The monoisotopic (exact) mass is 238 g/mol. The van der Waals surface area contributed by atoms with Crippen molar-refractivity contribution in [1.29, 1.82) is 0 Å². The zero-order valence-corrected chi connectivity index (χ0v) is 9.34. The Balaban J connectivity index is 2.50. The SMILES string of the molecule is COC(=O)C(O)CNC(=O)c1ccc(N)cc1. The Hall–Kier alpha value is -2.08. The van der Waals surface area contributed by atoms with Gasteiger partial charge in [-0.3, -0.25) is 4.79 Å². The Bertz CT molecular complexity index is 402. The number of nitrogens with two attached hydrogens (primary N) is 1. The van der Waals surface area contributed by atoms with E-state index in [4.69, 9.17) is 5.73 Å². The van der Waals surface area contributed by atoms with Gasteiger partial charge in [0.1, 0.15) is 0 Å². The molecular formula is C11H14N2O4. The second kappa shape index (κ2) is 5.86. The van der Waals surface area contributed by atoms with Crippen molar-refractivity contribution in [1.82, 2.24) is 5.32 Å². The second-order valence-corrected chi connectivity index (χ2v) is 3.37. The quantitative estimate of drug-likeness (QED) is 0.486. The van der Waals surface area contributed by atoms with E-state index < -0.39 is 18.0 Å². The summed E-state index contributed by atoms with van der Waals surface area (Å²) in [7, 11) is 1.16. The Labute approximate surface area is 98.4 Å². The maximum absolute atomic E-state index is 11.6. The molecule has 6 nitrogen and oxygen atoms in total. The van der Waals surface area contributed by atoms with E-state index in [1.807, 2.05) is 0 Å². The molecule has 0 heterocycles. The number of nitrogens with one attached hydrogen (secondary N) is 1. The summed E-state index contributed by atoms with van der Waals surface area (Å²) in [5, 5.41) is 11.7. The van der Waals surface area contributed by atoms with Crippen molar-refractivity contribution in [3.05, 3.63) is 29.8 Å². The normalized spacial score (nSPS) is 11.6. The van der Waals surface area contributed by atoms with Crippen LogP contribution in [0.5, 0.6) is 0 Å². The van der Waals surface area contributed by atoms with E-state index in [1.165, 1.54) is 0 Å². The van der Waals surface area contributed by atoms with Gasteiger partial charge in [0.2, 0.25) is 0 Å². The minimum absolute atomic E-state index is 0.199. The number of aliphatic hydroxyl groups excluding tert-OH is 1. The average molecular weight is 238 g/mol. The Morgan fingerprint density at radius 3 is 2.53 bits per heavy atom. The lowest BCUT2D eigenvalue weighted by Crippen LogP contribution is -2.37. The van der Waals surface area contributed by atoms with Gasteiger partial charge in [0.25, 0.3) is 5.91 Å². The number of aliphatic hydroxyl groups is 1. The van der Waals surface area contributed by atoms with Crippen LogP contribution in [-0.4, -0.2) is 36.7 Å². The molecule has 0 spiro atoms. The standard InChI is InChI=1S/C11H14N2O4/c1-17-11(16)9(14)6-13-10(15)7-2-4-8(12)5-3-7/h2-5,9,14H,6,12H2,1H3,(H,13,15). The number of esters is 1. The third-order valence-corrected chi connectivity index (χ3v) is 2.10. The lowest BCUT2D eigenvalue weighted by molar-refractivity contribution is -0.149. The van der Waals surface area contributed by atoms with Crippen molar-refractivity contribution in [2.75, 3.05) is 19.4 Å². The van der Waals surface area contributed by atoms with Crippen LogP contribution in [0.25, 0.3) is 0 Å². The first-order valence-electron chi connectivity index (χ1n) is 4.94. The molecule has 0 fully saturated rings. The van der Waals surface area contributed by atoms with Crippen LogP contribution in [0, 0.1) is 0 Å². The Morgan fingerprint density at radius 1 is 1.41 bits per heavy atom. The number of methoxy groups -OCH3 is 1. The maximum atomic E-state index is 11.6. The van der Waals surface area contributed by atoms with Crippen LogP contribution in [0.1, 0.15) is 10.4 Å². The summed E-state index contributed by atoms with van der Waals surface area (Å²) in [5.74, 6) is -1.18. The van der Waals surface area contributed by atoms with Crippen molar-refractivity contribution in [2.24, 2.45) is 0 Å². The number of ether oxygens (including phenoxy) is 1. The molecule has 0 aliphatic heterocycles. The van der Waals surface area contributed by atoms with E-state index in [9.17, 15) is 14.7 Å². The molecule has 0 aliphatic carbocycles. The molecule has 6 heteroatoms. The van der Waals surface area contributed by atoms with E-state index in [1.54, 1.807) is 24.3 Å². The van der Waals surface area contributed by atoms with Gasteiger partial charge in [-0.05, 0) is 24.3 Å². The van der Waals surface area contributed by atoms with Gasteiger partial charge in [-0.1, -0.05) is 0 Å². The minimum atomic E-state index is -1.36. The highest BCUT2D eigenvalue weighted by atomic mass is 16.5. The Kier molecular flexibility index (Phi) is 4.47. The van der Waals surface area contributed by atoms with Gasteiger partial charge in [0, 0.05) is 11.3 Å². The molecule has 0 saturated heterocycles. The summed E-state index contributed by atoms with van der Waals surface area (Å²) in [4.78, 5) is 22.4. The zero-order chi connectivity index (χ0) is 12.8. The van der Waals surface area contributed by atoms with Gasteiger partial charge in [-0.2, -0.15) is 0 Å². The molecule has 1 amide bonds. The Morgan fingerprint density at radius 2 is 2.00 bits per heavy atom. The molecule has 0 aliphatic rings. The highest BCUT2D eigenvalue weighted by Gasteiger charge is 2.16. The van der Waals surface area contributed by atoms with Crippen LogP contribution in [0.3, 0.4) is 0 Å². The van der Waals surface area contributed by atoms with Crippen LogP contribution < -0.4 is 11.1 Å². The largest absolute Gasteiger partial charge is 0.467 e. The van der Waals surface area contributed by atoms with Crippen molar-refractivity contribution >= 4 is 17.6 Å². The number of carbonyl (C=O) groups excluding carboxylic acids is 2. The maximum Gasteiger partial charge on any atom is 0.336 e. The highest BCUT2D eigenvalue weighted by Crippen LogP contribution is 2.05. The smallest absolute Gasteiger partial charge is 0.336 e. The molecular weight excluding hydrogens is 224 g/mol. The zero-order valence-electron chi connectivity index (χ0n) is 9.34. The van der Waals surface area contributed by atoms with Gasteiger partial charge in [-0.15, -0.1) is 0 Å². The molecule has 17 heavy (non-hydrogen) atoms. The summed E-state index contributed by atoms with van der Waals surface area (Å²) < 4.78 is 4.31. The van der Waals surface area contributed by atoms with Crippen molar-refractivity contribution < 1.29 is 19.4 Å². The summed E-state index contributed by atoms with van der Waals surface area (Å²) in [6.07, 6.45) is -1.36. The molecule has 0 aromatic heterocycles. The summed E-state index contributed by atoms with van der Waals surface area (Å²) in [5.41, 5.74) is 6.43. The molecule has 0 radical (unpaired) electrons. The van der Waals surface area contributed by atoms with E-state index in [2.05, 4.69) is 10.1 Å². The number of carbonyl (C=O) groups is 2. The summed E-state index contributed by atoms with van der Waals surface area (Å²) in [6, 6.07) is 6.28. The number of amides is 1. The van der Waals surface area contributed by atoms with Crippen LogP contribution in [0.15, 0.2) is 24.3 Å². The third kappa shape index (κ3) is 3.76. The van der Waals surface area contributed by atoms with Gasteiger partial charge in [0.15, 0.2) is 6.10 Å². The van der Waals surface area contributed by atoms with Gasteiger partial charge < -0.3 is 20.9 Å². The number of nitrogen functional groups attached to an aromatic ring is 1. The first-order chi connectivity index (χ1) is 8.04. The molecule has 0 saturated carbocycles. The number of hydrogen-bond acceptors (Lipinski definition) is 5. The fraction of sp³-hybridized carbons (Fsp3) is 0.273. The number of benzene rings is 1. The van der Waals surface area contributed by atoms with Crippen molar-refractivity contribution in [3.8, 4) is 0 Å². The number of hydrogen-bond donors (Lipinski definition) is 3. The third-order valence-electron chi connectivity index (χ3n) is 2.10. The summed E-state index contributed by atoms with van der Waals surface area (Å²) >= 11 is 0. The van der Waals surface area contributed by atoms with Crippen LogP contribution in [-0.2, 0) is 9.53 Å². The average Bonchev–Trinajstić information content (AvgIpc) is 2.35. The minimum Gasteiger partial charge on any atom is -0.467 e. The van der Waals surface area contributed by atoms with E-state index in [0.717, 1.165) is 7.11 Å². The highest BCUT2D eigenvalue weighted by molar-refractivity contribution is 5.94.